The lowest BCUT2D eigenvalue weighted by Gasteiger charge is -2.13. The molecule has 0 saturated carbocycles. The lowest BCUT2D eigenvalue weighted by molar-refractivity contribution is -0.115. The normalized spacial score (nSPS) is 11.5. The predicted octanol–water partition coefficient (Wildman–Crippen LogP) is 4.47. The fourth-order valence-corrected chi connectivity index (χ4v) is 2.88. The van der Waals surface area contributed by atoms with E-state index in [1.807, 2.05) is 6.07 Å². The summed E-state index contributed by atoms with van der Waals surface area (Å²) in [6.07, 6.45) is 0. The van der Waals surface area contributed by atoms with Crippen molar-refractivity contribution in [2.24, 2.45) is 0 Å². The van der Waals surface area contributed by atoms with Crippen molar-refractivity contribution in [3.63, 3.8) is 0 Å². The van der Waals surface area contributed by atoms with Crippen LogP contribution in [0.5, 0.6) is 0 Å². The molecule has 0 heterocycles. The van der Waals surface area contributed by atoms with Gasteiger partial charge in [-0.25, -0.2) is 4.39 Å². The van der Waals surface area contributed by atoms with Gasteiger partial charge in [0.1, 0.15) is 11.9 Å². The van der Waals surface area contributed by atoms with Gasteiger partial charge in [0.25, 0.3) is 0 Å². The summed E-state index contributed by atoms with van der Waals surface area (Å²) >= 11 is 6.98. The maximum absolute atomic E-state index is 13.1. The summed E-state index contributed by atoms with van der Waals surface area (Å²) in [6.45, 7) is 1.73. The zero-order chi connectivity index (χ0) is 16.1. The van der Waals surface area contributed by atoms with Crippen LogP contribution in [0.25, 0.3) is 0 Å². The summed E-state index contributed by atoms with van der Waals surface area (Å²) < 4.78 is 13.1. The number of thioether (sulfide) groups is 1. The molecule has 0 aliphatic carbocycles. The van der Waals surface area contributed by atoms with Gasteiger partial charge in [0, 0.05) is 4.90 Å². The van der Waals surface area contributed by atoms with E-state index in [1.165, 1.54) is 23.9 Å². The highest BCUT2D eigenvalue weighted by atomic mass is 35.5. The lowest BCUT2D eigenvalue weighted by Crippen LogP contribution is -2.22. The summed E-state index contributed by atoms with van der Waals surface area (Å²) in [5.74, 6) is -0.737. The van der Waals surface area contributed by atoms with Crippen LogP contribution >= 0.6 is 23.4 Å². The molecule has 0 aromatic heterocycles. The van der Waals surface area contributed by atoms with Crippen LogP contribution in [0.1, 0.15) is 12.5 Å². The van der Waals surface area contributed by atoms with E-state index in [0.29, 0.717) is 16.1 Å². The third-order valence-electron chi connectivity index (χ3n) is 2.88. The van der Waals surface area contributed by atoms with E-state index in [2.05, 4.69) is 5.32 Å². The predicted molar refractivity (Wildman–Crippen MR) is 86.5 cm³/mol. The Bertz CT molecular complexity index is 745. The Morgan fingerprint density at radius 3 is 2.77 bits per heavy atom. The van der Waals surface area contributed by atoms with Crippen molar-refractivity contribution in [2.75, 3.05) is 5.32 Å². The van der Waals surface area contributed by atoms with Gasteiger partial charge in [-0.15, -0.1) is 11.8 Å². The molecule has 0 fully saturated rings. The van der Waals surface area contributed by atoms with E-state index < -0.39 is 11.1 Å². The highest BCUT2D eigenvalue weighted by Gasteiger charge is 2.16. The maximum atomic E-state index is 13.1. The van der Waals surface area contributed by atoms with Crippen molar-refractivity contribution in [1.82, 2.24) is 0 Å². The minimum atomic E-state index is -0.494. The van der Waals surface area contributed by atoms with Gasteiger partial charge in [-0.1, -0.05) is 23.7 Å². The van der Waals surface area contributed by atoms with Crippen molar-refractivity contribution in [3.8, 4) is 6.07 Å². The van der Waals surface area contributed by atoms with Crippen LogP contribution in [0.15, 0.2) is 47.4 Å². The van der Waals surface area contributed by atoms with Crippen LogP contribution in [0, 0.1) is 17.1 Å². The van der Waals surface area contributed by atoms with Crippen LogP contribution in [-0.4, -0.2) is 11.2 Å². The number of anilines is 1. The van der Waals surface area contributed by atoms with E-state index in [4.69, 9.17) is 16.9 Å². The van der Waals surface area contributed by atoms with Gasteiger partial charge in [0.2, 0.25) is 5.91 Å². The Morgan fingerprint density at radius 2 is 2.09 bits per heavy atom. The van der Waals surface area contributed by atoms with Crippen LogP contribution in [0.3, 0.4) is 0 Å². The number of carbonyl (C=O) groups excluding carboxylic acids is 1. The summed E-state index contributed by atoms with van der Waals surface area (Å²) in [5, 5.41) is 11.3. The van der Waals surface area contributed by atoms with Gasteiger partial charge >= 0.3 is 0 Å². The molecule has 0 saturated heterocycles. The fourth-order valence-electron chi connectivity index (χ4n) is 1.73. The molecule has 1 N–H and O–H groups in total. The molecule has 1 amide bonds. The van der Waals surface area contributed by atoms with E-state index in [-0.39, 0.29) is 10.9 Å². The molecule has 2 aromatic rings. The summed E-state index contributed by atoms with van der Waals surface area (Å²) in [7, 11) is 0. The zero-order valence-corrected chi connectivity index (χ0v) is 13.2. The number of nitriles is 1. The number of nitrogens with zero attached hydrogens (tertiary/aromatic N) is 1. The molecule has 0 aliphatic rings. The van der Waals surface area contributed by atoms with Crippen molar-refractivity contribution in [2.45, 2.75) is 17.1 Å². The maximum Gasteiger partial charge on any atom is 0.237 e. The summed E-state index contributed by atoms with van der Waals surface area (Å²) in [4.78, 5) is 12.9. The Labute approximate surface area is 137 Å². The largest absolute Gasteiger partial charge is 0.324 e. The number of rotatable bonds is 4. The van der Waals surface area contributed by atoms with Crippen molar-refractivity contribution < 1.29 is 9.18 Å². The topological polar surface area (TPSA) is 52.9 Å². The average Bonchev–Trinajstić information content (AvgIpc) is 2.51. The van der Waals surface area contributed by atoms with Crippen molar-refractivity contribution in [3.05, 3.63) is 58.9 Å². The van der Waals surface area contributed by atoms with Gasteiger partial charge in [-0.3, -0.25) is 4.79 Å². The Kier molecular flexibility index (Phi) is 5.42. The van der Waals surface area contributed by atoms with Crippen LogP contribution in [0.2, 0.25) is 5.02 Å². The molecule has 0 bridgehead atoms. The quantitative estimate of drug-likeness (QED) is 0.839. The first kappa shape index (κ1) is 16.3. The Balaban J connectivity index is 2.06. The van der Waals surface area contributed by atoms with Crippen LogP contribution in [0.4, 0.5) is 10.1 Å². The van der Waals surface area contributed by atoms with Crippen LogP contribution in [-0.2, 0) is 4.79 Å². The molecule has 3 nitrogen and oxygen atoms in total. The number of para-hydroxylation sites is 1. The second-order valence-electron chi connectivity index (χ2n) is 4.48. The number of nitrogens with one attached hydrogen (secondary N) is 1. The number of benzene rings is 2. The third-order valence-corrected chi connectivity index (χ3v) is 4.26. The average molecular weight is 335 g/mol. The van der Waals surface area contributed by atoms with Crippen LogP contribution < -0.4 is 5.32 Å². The van der Waals surface area contributed by atoms with Gasteiger partial charge in [0.05, 0.1) is 21.5 Å². The second kappa shape index (κ2) is 7.30. The second-order valence-corrected chi connectivity index (χ2v) is 6.30. The molecule has 0 radical (unpaired) electrons. The summed E-state index contributed by atoms with van der Waals surface area (Å²) in [6, 6.07) is 13.1. The molecule has 0 unspecified atom stereocenters. The Hall–Kier alpha value is -2.03. The Morgan fingerprint density at radius 1 is 1.36 bits per heavy atom. The van der Waals surface area contributed by atoms with E-state index in [0.717, 1.165) is 0 Å². The standard InChI is InChI=1S/C16H12ClFN2OS/c1-10(22-12-6-7-14(18)13(17)8-12)16(21)20-15-5-3-2-4-11(15)9-19/h2-8,10H,1H3,(H,20,21)/t10-/m1/s1. The molecule has 2 rings (SSSR count). The summed E-state index contributed by atoms with van der Waals surface area (Å²) in [5.41, 5.74) is 0.873. The number of carbonyl (C=O) groups is 1. The van der Waals surface area contributed by atoms with Crippen molar-refractivity contribution in [1.29, 1.82) is 5.26 Å². The van der Waals surface area contributed by atoms with Gasteiger partial charge in [-0.05, 0) is 37.3 Å². The molecular formula is C16H12ClFN2OS. The van der Waals surface area contributed by atoms with Gasteiger partial charge in [-0.2, -0.15) is 5.26 Å². The van der Waals surface area contributed by atoms with E-state index >= 15 is 0 Å². The monoisotopic (exact) mass is 334 g/mol. The lowest BCUT2D eigenvalue weighted by atomic mass is 10.2. The molecule has 112 valence electrons. The minimum absolute atomic E-state index is 0.0208. The van der Waals surface area contributed by atoms with Gasteiger partial charge in [0.15, 0.2) is 0 Å². The molecule has 1 atom stereocenters. The number of hydrogen-bond donors (Lipinski definition) is 1. The highest BCUT2D eigenvalue weighted by molar-refractivity contribution is 8.00. The molecule has 0 aliphatic heterocycles. The number of amides is 1. The highest BCUT2D eigenvalue weighted by Crippen LogP contribution is 2.28. The number of hydrogen-bond acceptors (Lipinski definition) is 3. The first-order valence-electron chi connectivity index (χ1n) is 6.43. The molecule has 22 heavy (non-hydrogen) atoms. The SMILES string of the molecule is C[C@@H](Sc1ccc(F)c(Cl)c1)C(=O)Nc1ccccc1C#N. The minimum Gasteiger partial charge on any atom is -0.324 e. The molecule has 6 heteroatoms. The zero-order valence-electron chi connectivity index (χ0n) is 11.6. The first-order chi connectivity index (χ1) is 10.5. The third kappa shape index (κ3) is 4.00. The molecule has 0 spiro atoms. The van der Waals surface area contributed by atoms with Crippen molar-refractivity contribution >= 4 is 35.0 Å². The number of halogens is 2. The molecule has 2 aromatic carbocycles. The molecular weight excluding hydrogens is 323 g/mol. The smallest absolute Gasteiger partial charge is 0.237 e. The first-order valence-corrected chi connectivity index (χ1v) is 7.68. The van der Waals surface area contributed by atoms with E-state index in [1.54, 1.807) is 37.3 Å². The van der Waals surface area contributed by atoms with E-state index in [9.17, 15) is 9.18 Å². The fraction of sp³-hybridized carbons (Fsp3) is 0.125. The van der Waals surface area contributed by atoms with Gasteiger partial charge < -0.3 is 5.32 Å².